The maximum Gasteiger partial charge on any atom is 0.413 e. The molecule has 1 amide bonds. The molecule has 0 atom stereocenters. The third-order valence-electron chi connectivity index (χ3n) is 1.37. The second-order valence-corrected chi connectivity index (χ2v) is 4.11. The van der Waals surface area contributed by atoms with E-state index >= 15 is 0 Å². The van der Waals surface area contributed by atoms with Crippen LogP contribution in [0.5, 0.6) is 5.75 Å². The summed E-state index contributed by atoms with van der Waals surface area (Å²) in [6.07, 6.45) is 2.65. The van der Waals surface area contributed by atoms with Gasteiger partial charge in [-0.2, -0.15) is 5.10 Å². The molecule has 0 saturated carbocycles. The van der Waals surface area contributed by atoms with Crippen LogP contribution >= 0.6 is 0 Å². The molecule has 5 nitrogen and oxygen atoms in total. The quantitative estimate of drug-likeness (QED) is 0.738. The van der Waals surface area contributed by atoms with Crippen LogP contribution in [0.2, 0.25) is 0 Å². The second-order valence-electron chi connectivity index (χ2n) is 4.11. The summed E-state index contributed by atoms with van der Waals surface area (Å²) in [6, 6.07) is 0. The summed E-state index contributed by atoms with van der Waals surface area (Å²) in [7, 11) is 1.76. The Bertz CT molecular complexity index is 325. The lowest BCUT2D eigenvalue weighted by molar-refractivity contribution is 0.190. The van der Waals surface area contributed by atoms with Crippen LogP contribution in [0.4, 0.5) is 4.79 Å². The molecule has 0 saturated heterocycles. The molecule has 0 unspecified atom stereocenters. The summed E-state index contributed by atoms with van der Waals surface area (Å²) >= 11 is 0. The van der Waals surface area contributed by atoms with Gasteiger partial charge >= 0.3 is 6.09 Å². The number of amides is 1. The van der Waals surface area contributed by atoms with Crippen molar-refractivity contribution in [3.63, 3.8) is 0 Å². The Labute approximate surface area is 83.1 Å². The molecule has 1 heterocycles. The Balaban J connectivity index is 2.50. The van der Waals surface area contributed by atoms with Crippen molar-refractivity contribution in [3.05, 3.63) is 12.4 Å². The third kappa shape index (κ3) is 3.47. The number of aromatic nitrogens is 2. The van der Waals surface area contributed by atoms with Crippen molar-refractivity contribution in [3.8, 4) is 5.75 Å². The maximum atomic E-state index is 11.3. The molecule has 0 spiro atoms. The van der Waals surface area contributed by atoms with Crippen LogP contribution in [0.1, 0.15) is 20.8 Å². The van der Waals surface area contributed by atoms with Gasteiger partial charge in [-0.15, -0.1) is 0 Å². The van der Waals surface area contributed by atoms with E-state index < -0.39 is 6.09 Å². The van der Waals surface area contributed by atoms with Crippen molar-refractivity contribution in [2.24, 2.45) is 7.05 Å². The van der Waals surface area contributed by atoms with Gasteiger partial charge in [0.2, 0.25) is 0 Å². The van der Waals surface area contributed by atoms with E-state index in [1.165, 1.54) is 6.20 Å². The zero-order chi connectivity index (χ0) is 10.8. The van der Waals surface area contributed by atoms with Crippen LogP contribution in [0.25, 0.3) is 0 Å². The number of hydrogen-bond donors (Lipinski definition) is 1. The Morgan fingerprint density at radius 1 is 1.57 bits per heavy atom. The third-order valence-corrected chi connectivity index (χ3v) is 1.37. The number of rotatable bonds is 1. The van der Waals surface area contributed by atoms with Crippen LogP contribution in [0.15, 0.2) is 12.4 Å². The fourth-order valence-corrected chi connectivity index (χ4v) is 0.890. The van der Waals surface area contributed by atoms with E-state index in [-0.39, 0.29) is 5.54 Å². The number of aryl methyl sites for hydroxylation is 1. The highest BCUT2D eigenvalue weighted by atomic mass is 16.6. The lowest BCUT2D eigenvalue weighted by Crippen LogP contribution is -2.42. The lowest BCUT2D eigenvalue weighted by atomic mass is 10.1. The molecule has 1 N–H and O–H groups in total. The number of nitrogens with zero attached hydrogens (tertiary/aromatic N) is 2. The average molecular weight is 197 g/mol. The van der Waals surface area contributed by atoms with E-state index in [1.807, 2.05) is 20.8 Å². The summed E-state index contributed by atoms with van der Waals surface area (Å²) in [6.45, 7) is 5.66. The summed E-state index contributed by atoms with van der Waals surface area (Å²) in [5.41, 5.74) is -0.292. The smallest absolute Gasteiger partial charge is 0.407 e. The molecule has 0 bridgehead atoms. The first-order valence-corrected chi connectivity index (χ1v) is 4.35. The zero-order valence-corrected chi connectivity index (χ0v) is 8.87. The molecular weight excluding hydrogens is 182 g/mol. The molecule has 14 heavy (non-hydrogen) atoms. The standard InChI is InChI=1S/C9H15N3O2/c1-9(2,3)11-8(13)14-7-5-10-12(4)6-7/h5-6H,1-4H3,(H,11,13). The van der Waals surface area contributed by atoms with E-state index in [9.17, 15) is 4.79 Å². The van der Waals surface area contributed by atoms with Gasteiger partial charge < -0.3 is 10.1 Å². The fraction of sp³-hybridized carbons (Fsp3) is 0.556. The van der Waals surface area contributed by atoms with Gasteiger partial charge in [0, 0.05) is 12.6 Å². The number of carbonyl (C=O) groups is 1. The molecule has 0 aliphatic heterocycles. The van der Waals surface area contributed by atoms with Crippen LogP contribution in [0, 0.1) is 0 Å². The monoisotopic (exact) mass is 197 g/mol. The maximum absolute atomic E-state index is 11.3. The topological polar surface area (TPSA) is 56.1 Å². The zero-order valence-electron chi connectivity index (χ0n) is 8.87. The van der Waals surface area contributed by atoms with Gasteiger partial charge in [0.05, 0.1) is 12.4 Å². The highest BCUT2D eigenvalue weighted by Crippen LogP contribution is 2.08. The fourth-order valence-electron chi connectivity index (χ4n) is 0.890. The van der Waals surface area contributed by atoms with Gasteiger partial charge in [-0.3, -0.25) is 4.68 Å². The van der Waals surface area contributed by atoms with E-state index in [4.69, 9.17) is 4.74 Å². The molecule has 5 heteroatoms. The Hall–Kier alpha value is -1.52. The van der Waals surface area contributed by atoms with Gasteiger partial charge in [0.25, 0.3) is 0 Å². The van der Waals surface area contributed by atoms with Crippen molar-refractivity contribution < 1.29 is 9.53 Å². The average Bonchev–Trinajstić information content (AvgIpc) is 2.30. The van der Waals surface area contributed by atoms with Gasteiger partial charge in [-0.1, -0.05) is 0 Å². The van der Waals surface area contributed by atoms with E-state index in [1.54, 1.807) is 17.9 Å². The number of ether oxygens (including phenoxy) is 1. The normalized spacial score (nSPS) is 11.1. The molecule has 78 valence electrons. The van der Waals surface area contributed by atoms with Crippen LogP contribution < -0.4 is 10.1 Å². The van der Waals surface area contributed by atoms with Gasteiger partial charge in [0.1, 0.15) is 0 Å². The molecule has 1 rings (SSSR count). The van der Waals surface area contributed by atoms with Crippen LogP contribution in [-0.2, 0) is 7.05 Å². The molecule has 1 aromatic heterocycles. The molecule has 1 aromatic rings. The lowest BCUT2D eigenvalue weighted by Gasteiger charge is -2.19. The van der Waals surface area contributed by atoms with E-state index in [0.29, 0.717) is 5.75 Å². The first-order chi connectivity index (χ1) is 6.37. The van der Waals surface area contributed by atoms with Gasteiger partial charge in [-0.05, 0) is 20.8 Å². The summed E-state index contributed by atoms with van der Waals surface area (Å²) in [5, 5.41) is 6.56. The predicted octanol–water partition coefficient (Wildman–Crippen LogP) is 1.31. The van der Waals surface area contributed by atoms with Gasteiger partial charge in [0.15, 0.2) is 5.75 Å². The second kappa shape index (κ2) is 3.69. The molecule has 0 fully saturated rings. The van der Waals surface area contributed by atoms with E-state index in [0.717, 1.165) is 0 Å². The largest absolute Gasteiger partial charge is 0.413 e. The van der Waals surface area contributed by atoms with E-state index in [2.05, 4.69) is 10.4 Å². The molecule has 0 radical (unpaired) electrons. The summed E-state index contributed by atoms with van der Waals surface area (Å²) in [4.78, 5) is 11.3. The first-order valence-electron chi connectivity index (χ1n) is 4.35. The number of hydrogen-bond acceptors (Lipinski definition) is 3. The highest BCUT2D eigenvalue weighted by molar-refractivity contribution is 5.70. The summed E-state index contributed by atoms with van der Waals surface area (Å²) < 4.78 is 6.55. The van der Waals surface area contributed by atoms with Crippen LogP contribution in [-0.4, -0.2) is 21.4 Å². The minimum Gasteiger partial charge on any atom is -0.407 e. The Morgan fingerprint density at radius 3 is 2.64 bits per heavy atom. The first kappa shape index (κ1) is 10.6. The molecular formula is C9H15N3O2. The Morgan fingerprint density at radius 2 is 2.21 bits per heavy atom. The SMILES string of the molecule is Cn1cc(OC(=O)NC(C)(C)C)cn1. The molecule has 0 aliphatic rings. The van der Waals surface area contributed by atoms with Crippen molar-refractivity contribution in [1.82, 2.24) is 15.1 Å². The van der Waals surface area contributed by atoms with Crippen LogP contribution in [0.3, 0.4) is 0 Å². The minimum absolute atomic E-state index is 0.292. The van der Waals surface area contributed by atoms with Crippen molar-refractivity contribution >= 4 is 6.09 Å². The summed E-state index contributed by atoms with van der Waals surface area (Å²) in [5.74, 6) is 0.439. The van der Waals surface area contributed by atoms with Crippen molar-refractivity contribution in [2.45, 2.75) is 26.3 Å². The molecule has 0 aliphatic carbocycles. The predicted molar refractivity (Wildman–Crippen MR) is 52.1 cm³/mol. The van der Waals surface area contributed by atoms with Crippen molar-refractivity contribution in [2.75, 3.05) is 0 Å². The minimum atomic E-state index is -0.467. The van der Waals surface area contributed by atoms with Crippen molar-refractivity contribution in [1.29, 1.82) is 0 Å². The van der Waals surface area contributed by atoms with Gasteiger partial charge in [-0.25, -0.2) is 4.79 Å². The Kier molecular flexibility index (Phi) is 2.78. The number of nitrogens with one attached hydrogen (secondary N) is 1. The molecule has 0 aromatic carbocycles. The highest BCUT2D eigenvalue weighted by Gasteiger charge is 2.15. The number of carbonyl (C=O) groups excluding carboxylic acids is 1.